The van der Waals surface area contributed by atoms with Crippen LogP contribution in [-0.4, -0.2) is 23.4 Å². The van der Waals surface area contributed by atoms with Crippen molar-refractivity contribution in [3.05, 3.63) is 34.9 Å². The normalized spacial score (nSPS) is 15.7. The average Bonchev–Trinajstić information content (AvgIpc) is 2.47. The van der Waals surface area contributed by atoms with Gasteiger partial charge in [-0.3, -0.25) is 4.79 Å². The number of terminal acetylenes is 1. The fourth-order valence-electron chi connectivity index (χ4n) is 2.98. The molecule has 1 fully saturated rings. The number of rotatable bonds is 3. The highest BCUT2D eigenvalue weighted by Crippen LogP contribution is 2.24. The molecular weight excluding hydrogens is 246 g/mol. The maximum absolute atomic E-state index is 12.8. The molecule has 0 aliphatic heterocycles. The molecule has 0 atom stereocenters. The van der Waals surface area contributed by atoms with E-state index >= 15 is 0 Å². The molecule has 2 heteroatoms. The minimum Gasteiger partial charge on any atom is -0.325 e. The quantitative estimate of drug-likeness (QED) is 0.766. The monoisotopic (exact) mass is 269 g/mol. The summed E-state index contributed by atoms with van der Waals surface area (Å²) in [4.78, 5) is 14.7. The van der Waals surface area contributed by atoms with Gasteiger partial charge >= 0.3 is 0 Å². The van der Waals surface area contributed by atoms with Crippen molar-refractivity contribution in [3.63, 3.8) is 0 Å². The minimum atomic E-state index is 0.0936. The van der Waals surface area contributed by atoms with Crippen molar-refractivity contribution in [2.75, 3.05) is 6.54 Å². The van der Waals surface area contributed by atoms with E-state index in [0.717, 1.165) is 29.5 Å². The summed E-state index contributed by atoms with van der Waals surface area (Å²) >= 11 is 0. The summed E-state index contributed by atoms with van der Waals surface area (Å²) in [5.41, 5.74) is 2.94. The summed E-state index contributed by atoms with van der Waals surface area (Å²) in [6.45, 7) is 4.42. The van der Waals surface area contributed by atoms with Gasteiger partial charge in [0.25, 0.3) is 5.91 Å². The smallest absolute Gasteiger partial charge is 0.255 e. The molecule has 1 aliphatic rings. The second-order valence-corrected chi connectivity index (χ2v) is 5.75. The van der Waals surface area contributed by atoms with Crippen LogP contribution in [0.15, 0.2) is 18.2 Å². The Morgan fingerprint density at radius 2 is 2.00 bits per heavy atom. The van der Waals surface area contributed by atoms with Gasteiger partial charge in [-0.1, -0.05) is 42.9 Å². The van der Waals surface area contributed by atoms with E-state index in [1.165, 1.54) is 19.3 Å². The molecular formula is C18H23NO. The van der Waals surface area contributed by atoms with Crippen molar-refractivity contribution in [1.29, 1.82) is 0 Å². The van der Waals surface area contributed by atoms with Gasteiger partial charge in [0.2, 0.25) is 0 Å². The summed E-state index contributed by atoms with van der Waals surface area (Å²) in [5.74, 6) is 2.75. The van der Waals surface area contributed by atoms with E-state index in [-0.39, 0.29) is 5.91 Å². The van der Waals surface area contributed by atoms with Gasteiger partial charge in [0.05, 0.1) is 6.54 Å². The highest BCUT2D eigenvalue weighted by Gasteiger charge is 2.26. The van der Waals surface area contributed by atoms with Gasteiger partial charge in [-0.25, -0.2) is 0 Å². The van der Waals surface area contributed by atoms with Crippen LogP contribution >= 0.6 is 0 Å². The number of hydrogen-bond donors (Lipinski definition) is 0. The Morgan fingerprint density at radius 3 is 2.65 bits per heavy atom. The van der Waals surface area contributed by atoms with Gasteiger partial charge in [-0.2, -0.15) is 0 Å². The fraction of sp³-hybridized carbons (Fsp3) is 0.500. The lowest BCUT2D eigenvalue weighted by Gasteiger charge is -2.33. The number of carbonyl (C=O) groups is 1. The Hall–Kier alpha value is -1.75. The molecule has 0 bridgehead atoms. The van der Waals surface area contributed by atoms with E-state index in [2.05, 4.69) is 5.92 Å². The summed E-state index contributed by atoms with van der Waals surface area (Å²) < 4.78 is 0. The van der Waals surface area contributed by atoms with E-state index in [4.69, 9.17) is 6.42 Å². The molecule has 2 nitrogen and oxygen atoms in total. The molecule has 20 heavy (non-hydrogen) atoms. The molecule has 0 unspecified atom stereocenters. The molecule has 0 spiro atoms. The number of nitrogens with zero attached hydrogens (tertiary/aromatic N) is 1. The molecule has 2 rings (SSSR count). The van der Waals surface area contributed by atoms with Gasteiger partial charge in [0, 0.05) is 11.6 Å². The van der Waals surface area contributed by atoms with Crippen molar-refractivity contribution >= 4 is 5.91 Å². The lowest BCUT2D eigenvalue weighted by Crippen LogP contribution is -2.42. The van der Waals surface area contributed by atoms with Crippen molar-refractivity contribution in [3.8, 4) is 12.3 Å². The zero-order valence-corrected chi connectivity index (χ0v) is 12.5. The lowest BCUT2D eigenvalue weighted by molar-refractivity contribution is 0.0666. The molecule has 0 N–H and O–H groups in total. The second kappa shape index (κ2) is 6.61. The first-order chi connectivity index (χ1) is 9.63. The third-order valence-electron chi connectivity index (χ3n) is 4.16. The first-order valence-electron chi connectivity index (χ1n) is 7.45. The zero-order chi connectivity index (χ0) is 14.5. The molecule has 0 saturated heterocycles. The number of aryl methyl sites for hydroxylation is 2. The molecule has 1 aromatic rings. The third-order valence-corrected chi connectivity index (χ3v) is 4.16. The number of benzene rings is 1. The Bertz CT molecular complexity index is 521. The van der Waals surface area contributed by atoms with E-state index in [0.29, 0.717) is 12.6 Å². The van der Waals surface area contributed by atoms with Crippen LogP contribution in [0.5, 0.6) is 0 Å². The van der Waals surface area contributed by atoms with Crippen LogP contribution in [0.3, 0.4) is 0 Å². The summed E-state index contributed by atoms with van der Waals surface area (Å²) in [7, 11) is 0. The van der Waals surface area contributed by atoms with Crippen molar-refractivity contribution in [2.45, 2.75) is 52.0 Å². The molecule has 1 aromatic carbocycles. The van der Waals surface area contributed by atoms with Crippen LogP contribution in [0.1, 0.15) is 53.6 Å². The van der Waals surface area contributed by atoms with E-state index in [9.17, 15) is 4.79 Å². The van der Waals surface area contributed by atoms with Crippen LogP contribution in [0.2, 0.25) is 0 Å². The van der Waals surface area contributed by atoms with E-state index < -0.39 is 0 Å². The highest BCUT2D eigenvalue weighted by atomic mass is 16.2. The maximum Gasteiger partial charge on any atom is 0.255 e. The topological polar surface area (TPSA) is 20.3 Å². The summed E-state index contributed by atoms with van der Waals surface area (Å²) in [5, 5.41) is 0. The Morgan fingerprint density at radius 1 is 1.30 bits per heavy atom. The van der Waals surface area contributed by atoms with Gasteiger partial charge in [-0.15, -0.1) is 6.42 Å². The highest BCUT2D eigenvalue weighted by molar-refractivity contribution is 5.96. The molecule has 0 radical (unpaired) electrons. The molecule has 1 amide bonds. The maximum atomic E-state index is 12.8. The molecule has 0 heterocycles. The minimum absolute atomic E-state index is 0.0936. The van der Waals surface area contributed by atoms with Crippen LogP contribution in [0.4, 0.5) is 0 Å². The standard InChI is InChI=1S/C18H23NO/c1-4-12-19(16-8-6-5-7-9-16)18(20)17-13-14(2)10-11-15(17)3/h1,10-11,13,16H,5-9,12H2,2-3H3. The number of amides is 1. The Labute approximate surface area is 122 Å². The van der Waals surface area contributed by atoms with Crippen LogP contribution < -0.4 is 0 Å². The van der Waals surface area contributed by atoms with E-state index in [1.807, 2.05) is 36.9 Å². The van der Waals surface area contributed by atoms with Crippen molar-refractivity contribution < 1.29 is 4.79 Å². The van der Waals surface area contributed by atoms with Crippen molar-refractivity contribution in [1.82, 2.24) is 4.90 Å². The number of carbonyl (C=O) groups excluding carboxylic acids is 1. The third kappa shape index (κ3) is 3.22. The molecule has 1 aliphatic carbocycles. The van der Waals surface area contributed by atoms with Crippen molar-refractivity contribution in [2.24, 2.45) is 0 Å². The van der Waals surface area contributed by atoms with Crippen LogP contribution in [-0.2, 0) is 0 Å². The summed E-state index contributed by atoms with van der Waals surface area (Å²) in [6.07, 6.45) is 11.3. The predicted molar refractivity (Wildman–Crippen MR) is 82.7 cm³/mol. The SMILES string of the molecule is C#CCN(C(=O)c1cc(C)ccc1C)C1CCCCC1. The van der Waals surface area contributed by atoms with Crippen LogP contribution in [0.25, 0.3) is 0 Å². The predicted octanol–water partition coefficient (Wildman–Crippen LogP) is 3.71. The largest absolute Gasteiger partial charge is 0.325 e. The van der Waals surface area contributed by atoms with Crippen LogP contribution in [0, 0.1) is 26.2 Å². The first-order valence-corrected chi connectivity index (χ1v) is 7.45. The first kappa shape index (κ1) is 14.7. The molecule has 106 valence electrons. The fourth-order valence-corrected chi connectivity index (χ4v) is 2.98. The molecule has 1 saturated carbocycles. The number of hydrogen-bond acceptors (Lipinski definition) is 1. The van der Waals surface area contributed by atoms with Gasteiger partial charge in [0.1, 0.15) is 0 Å². The molecule has 0 aromatic heterocycles. The second-order valence-electron chi connectivity index (χ2n) is 5.75. The van der Waals surface area contributed by atoms with Gasteiger partial charge < -0.3 is 4.90 Å². The summed E-state index contributed by atoms with van der Waals surface area (Å²) in [6, 6.07) is 6.34. The zero-order valence-electron chi connectivity index (χ0n) is 12.5. The Kier molecular flexibility index (Phi) is 4.84. The van der Waals surface area contributed by atoms with Gasteiger partial charge in [-0.05, 0) is 38.3 Å². The average molecular weight is 269 g/mol. The van der Waals surface area contributed by atoms with Gasteiger partial charge in [0.15, 0.2) is 0 Å². The lowest BCUT2D eigenvalue weighted by atomic mass is 9.93. The van der Waals surface area contributed by atoms with E-state index in [1.54, 1.807) is 0 Å². The Balaban J connectivity index is 2.26.